The van der Waals surface area contributed by atoms with E-state index in [9.17, 15) is 0 Å². The Morgan fingerprint density at radius 2 is 1.28 bits per heavy atom. The zero-order valence-electron chi connectivity index (χ0n) is 11.5. The standard InChI is InChI=1S/C8H18BO8.Na/c1-5-10-13-8(4,14-11-6-2)15-17-9-16-12-7-3;/h5-7H2,1-4H3;/q-1;+1. The minimum absolute atomic E-state index is 0. The van der Waals surface area contributed by atoms with Gasteiger partial charge in [-0.1, -0.05) is 0 Å². The second-order valence-corrected chi connectivity index (χ2v) is 2.62. The van der Waals surface area contributed by atoms with Crippen LogP contribution in [0, 0.1) is 0 Å². The Hall–Kier alpha value is 0.745. The van der Waals surface area contributed by atoms with Crippen LogP contribution in [0.5, 0.6) is 0 Å². The summed E-state index contributed by atoms with van der Waals surface area (Å²) in [5, 5.41) is 0. The third kappa shape index (κ3) is 11.8. The average Bonchev–Trinajstić information content (AvgIpc) is 2.34. The van der Waals surface area contributed by atoms with Crippen LogP contribution in [0.4, 0.5) is 0 Å². The van der Waals surface area contributed by atoms with E-state index < -0.39 is 5.97 Å². The van der Waals surface area contributed by atoms with E-state index in [1.165, 1.54) is 6.92 Å². The van der Waals surface area contributed by atoms with Gasteiger partial charge in [-0.05, 0) is 20.8 Å². The van der Waals surface area contributed by atoms with Crippen LogP contribution in [0.15, 0.2) is 0 Å². The van der Waals surface area contributed by atoms with Crippen LogP contribution in [-0.4, -0.2) is 33.5 Å². The molecule has 0 aromatic heterocycles. The molecule has 0 amide bonds. The number of hydrogen-bond acceptors (Lipinski definition) is 8. The molecule has 0 rings (SSSR count). The fraction of sp³-hybridized carbons (Fsp3) is 1.00. The predicted molar refractivity (Wildman–Crippen MR) is 54.5 cm³/mol. The van der Waals surface area contributed by atoms with Crippen LogP contribution >= 0.6 is 0 Å². The molecule has 0 aliphatic rings. The molecule has 0 spiro atoms. The van der Waals surface area contributed by atoms with Gasteiger partial charge in [0.2, 0.25) is 0 Å². The summed E-state index contributed by atoms with van der Waals surface area (Å²) in [4.78, 5) is 37.1. The van der Waals surface area contributed by atoms with Gasteiger partial charge in [0.15, 0.2) is 0 Å². The Labute approximate surface area is 129 Å². The van der Waals surface area contributed by atoms with E-state index in [0.29, 0.717) is 19.8 Å². The minimum atomic E-state index is -1.68. The Morgan fingerprint density at radius 3 is 1.72 bits per heavy atom. The molecular weight excluding hydrogens is 258 g/mol. The van der Waals surface area contributed by atoms with Gasteiger partial charge in [-0.15, -0.1) is 0 Å². The molecule has 18 heavy (non-hydrogen) atoms. The van der Waals surface area contributed by atoms with E-state index in [2.05, 4.69) is 24.3 Å². The van der Waals surface area contributed by atoms with Crippen molar-refractivity contribution in [3.63, 3.8) is 0 Å². The zero-order valence-corrected chi connectivity index (χ0v) is 13.5. The Kier molecular flexibility index (Phi) is 16.6. The van der Waals surface area contributed by atoms with Gasteiger partial charge in [0.1, 0.15) is 0 Å². The quantitative estimate of drug-likeness (QED) is 0.134. The summed E-state index contributed by atoms with van der Waals surface area (Å²) in [5.74, 6) is -1.68. The summed E-state index contributed by atoms with van der Waals surface area (Å²) in [6.45, 7) is 7.55. The van der Waals surface area contributed by atoms with E-state index >= 15 is 0 Å². The number of hydrogen-bond donors (Lipinski definition) is 0. The van der Waals surface area contributed by atoms with Crippen LogP contribution in [0.3, 0.4) is 0 Å². The zero-order chi connectivity index (χ0) is 13.0. The molecule has 0 aromatic rings. The summed E-state index contributed by atoms with van der Waals surface area (Å²) >= 11 is 0. The second kappa shape index (κ2) is 14.2. The first-order chi connectivity index (χ1) is 8.18. The molecule has 8 nitrogen and oxygen atoms in total. The Bertz CT molecular complexity index is 167. The fourth-order valence-electron chi connectivity index (χ4n) is 0.592. The molecular formula is C8H18BNaO8. The molecule has 0 saturated heterocycles. The summed E-state index contributed by atoms with van der Waals surface area (Å²) in [5.41, 5.74) is 0. The first kappa shape index (κ1) is 21.1. The molecule has 0 unspecified atom stereocenters. The molecule has 0 saturated carbocycles. The Balaban J connectivity index is 0. The van der Waals surface area contributed by atoms with Crippen LogP contribution in [-0.2, 0) is 38.9 Å². The van der Waals surface area contributed by atoms with Crippen LogP contribution in [0.1, 0.15) is 27.7 Å². The van der Waals surface area contributed by atoms with Crippen molar-refractivity contribution < 1.29 is 68.5 Å². The van der Waals surface area contributed by atoms with Gasteiger partial charge in [0, 0.05) is 6.92 Å². The van der Waals surface area contributed by atoms with Crippen LogP contribution in [0.25, 0.3) is 0 Å². The van der Waals surface area contributed by atoms with Gasteiger partial charge in [0.25, 0.3) is 0 Å². The largest absolute Gasteiger partial charge is 1.00 e. The van der Waals surface area contributed by atoms with Crippen molar-refractivity contribution in [1.82, 2.24) is 0 Å². The molecule has 0 atom stereocenters. The second-order valence-electron chi connectivity index (χ2n) is 2.62. The maximum absolute atomic E-state index is 4.78. The van der Waals surface area contributed by atoms with Crippen molar-refractivity contribution in [2.75, 3.05) is 19.8 Å². The molecule has 0 aromatic carbocycles. The summed E-state index contributed by atoms with van der Waals surface area (Å²) in [6.07, 6.45) is 0. The predicted octanol–water partition coefficient (Wildman–Crippen LogP) is -1.95. The molecule has 10 heteroatoms. The monoisotopic (exact) mass is 276 g/mol. The molecule has 0 bridgehead atoms. The molecule has 0 fully saturated rings. The normalized spacial score (nSPS) is 11.3. The van der Waals surface area contributed by atoms with Crippen LogP contribution in [0.2, 0.25) is 0 Å². The number of rotatable bonds is 12. The average molecular weight is 276 g/mol. The molecule has 0 aliphatic carbocycles. The first-order valence-corrected chi connectivity index (χ1v) is 5.24. The van der Waals surface area contributed by atoms with Gasteiger partial charge in [0.05, 0.1) is 27.5 Å². The van der Waals surface area contributed by atoms with Crippen molar-refractivity contribution in [2.45, 2.75) is 33.7 Å². The molecule has 0 aliphatic heterocycles. The summed E-state index contributed by atoms with van der Waals surface area (Å²) < 4.78 is 0. The maximum atomic E-state index is 4.78. The fourth-order valence-corrected chi connectivity index (χ4v) is 0.592. The van der Waals surface area contributed by atoms with Gasteiger partial charge in [-0.3, -0.25) is 4.89 Å². The van der Waals surface area contributed by atoms with E-state index in [1.54, 1.807) is 20.8 Å². The third-order valence-corrected chi connectivity index (χ3v) is 1.12. The smallest absolute Gasteiger partial charge is 0.492 e. The van der Waals surface area contributed by atoms with Gasteiger partial charge in [-0.25, -0.2) is 14.7 Å². The van der Waals surface area contributed by atoms with Crippen molar-refractivity contribution >= 4 is 7.69 Å². The minimum Gasteiger partial charge on any atom is -0.492 e. The van der Waals surface area contributed by atoms with Gasteiger partial charge >= 0.3 is 35.5 Å². The molecule has 102 valence electrons. The summed E-state index contributed by atoms with van der Waals surface area (Å²) in [6, 6.07) is 0. The topological polar surface area (TPSA) is 73.8 Å². The van der Waals surface area contributed by atoms with Gasteiger partial charge < -0.3 is 9.61 Å². The molecule has 0 N–H and O–H groups in total. The van der Waals surface area contributed by atoms with E-state index in [1.807, 2.05) is 0 Å². The van der Waals surface area contributed by atoms with Crippen LogP contribution < -0.4 is 29.6 Å². The van der Waals surface area contributed by atoms with Crippen molar-refractivity contribution in [3.05, 3.63) is 0 Å². The van der Waals surface area contributed by atoms with E-state index in [-0.39, 0.29) is 29.6 Å². The van der Waals surface area contributed by atoms with Gasteiger partial charge in [-0.2, -0.15) is 9.78 Å². The molecule has 0 heterocycles. The van der Waals surface area contributed by atoms with E-state index in [4.69, 9.17) is 14.7 Å². The third-order valence-electron chi connectivity index (χ3n) is 1.12. The Morgan fingerprint density at radius 1 is 0.778 bits per heavy atom. The van der Waals surface area contributed by atoms with Crippen molar-refractivity contribution in [2.24, 2.45) is 0 Å². The van der Waals surface area contributed by atoms with Crippen molar-refractivity contribution in [1.29, 1.82) is 0 Å². The maximum Gasteiger partial charge on any atom is 1.00 e. The van der Waals surface area contributed by atoms with E-state index in [0.717, 1.165) is 7.69 Å². The molecule has 2 radical (unpaired) electrons. The van der Waals surface area contributed by atoms with Crippen molar-refractivity contribution in [3.8, 4) is 0 Å². The summed E-state index contributed by atoms with van der Waals surface area (Å²) in [7, 11) is 0.812. The SMILES string of the molecule is CCOO[B-]OOC(C)(OOCC)OOCC.[Na+]. The first-order valence-electron chi connectivity index (χ1n) is 5.24.